The lowest BCUT2D eigenvalue weighted by atomic mass is 9.99. The zero-order chi connectivity index (χ0) is 13.5. The summed E-state index contributed by atoms with van der Waals surface area (Å²) in [6.45, 7) is 8.26. The first-order valence-electron chi connectivity index (χ1n) is 6.12. The van der Waals surface area contributed by atoms with Crippen LogP contribution in [0.15, 0.2) is 0 Å². The van der Waals surface area contributed by atoms with E-state index in [-0.39, 0.29) is 24.3 Å². The highest BCUT2D eigenvalue weighted by Crippen LogP contribution is 2.08. The van der Waals surface area contributed by atoms with Crippen molar-refractivity contribution in [3.8, 4) is 0 Å². The van der Waals surface area contributed by atoms with Crippen LogP contribution in [0.5, 0.6) is 0 Å². The van der Waals surface area contributed by atoms with E-state index in [4.69, 9.17) is 5.73 Å². The molecular weight excluding hydrogens is 218 g/mol. The van der Waals surface area contributed by atoms with Gasteiger partial charge in [-0.2, -0.15) is 0 Å². The van der Waals surface area contributed by atoms with E-state index in [2.05, 4.69) is 17.6 Å². The lowest BCUT2D eigenvalue weighted by Gasteiger charge is -2.28. The van der Waals surface area contributed by atoms with Crippen molar-refractivity contribution in [1.82, 2.24) is 10.6 Å². The van der Waals surface area contributed by atoms with Gasteiger partial charge in [0.05, 0.1) is 6.04 Å². The predicted molar refractivity (Wildman–Crippen MR) is 68.4 cm³/mol. The van der Waals surface area contributed by atoms with E-state index in [1.807, 2.05) is 13.8 Å². The molecule has 0 aromatic rings. The first kappa shape index (κ1) is 15.9. The smallest absolute Gasteiger partial charge is 0.236 e. The lowest BCUT2D eigenvalue weighted by molar-refractivity contribution is -0.124. The molecule has 0 heterocycles. The molecule has 4 N–H and O–H groups in total. The molecule has 5 heteroatoms. The number of nitrogens with one attached hydrogen (secondary N) is 2. The number of unbranched alkanes of at least 4 members (excludes halogenated alkanes) is 1. The number of primary amides is 1. The Balaban J connectivity index is 4.09. The third-order valence-electron chi connectivity index (χ3n) is 2.45. The van der Waals surface area contributed by atoms with Crippen molar-refractivity contribution in [1.29, 1.82) is 0 Å². The number of nitrogens with two attached hydrogens (primary N) is 1. The molecule has 0 fully saturated rings. The summed E-state index contributed by atoms with van der Waals surface area (Å²) in [5, 5.41) is 5.94. The van der Waals surface area contributed by atoms with E-state index in [1.54, 1.807) is 6.92 Å². The van der Waals surface area contributed by atoms with Crippen LogP contribution in [0.1, 0.15) is 47.0 Å². The second kappa shape index (κ2) is 7.27. The van der Waals surface area contributed by atoms with E-state index >= 15 is 0 Å². The maximum Gasteiger partial charge on any atom is 0.236 e. The standard InChI is InChI=1S/C12H25N3O2/c1-5-6-7-14-11(17)9(2)15-12(3,4)8-10(13)16/h9,15H,5-8H2,1-4H3,(H2,13,16)(H,14,17). The van der Waals surface area contributed by atoms with Crippen molar-refractivity contribution in [2.75, 3.05) is 6.54 Å². The number of carbonyl (C=O) groups is 2. The third kappa shape index (κ3) is 7.74. The summed E-state index contributed by atoms with van der Waals surface area (Å²) in [7, 11) is 0. The Morgan fingerprint density at radius 2 is 1.94 bits per heavy atom. The molecule has 1 atom stereocenters. The van der Waals surface area contributed by atoms with Crippen molar-refractivity contribution in [3.63, 3.8) is 0 Å². The van der Waals surface area contributed by atoms with Gasteiger partial charge in [0.2, 0.25) is 11.8 Å². The van der Waals surface area contributed by atoms with Gasteiger partial charge in [-0.15, -0.1) is 0 Å². The number of hydrogen-bond donors (Lipinski definition) is 3. The van der Waals surface area contributed by atoms with Crippen molar-refractivity contribution < 1.29 is 9.59 Å². The average molecular weight is 243 g/mol. The second-order valence-corrected chi connectivity index (χ2v) is 5.04. The first-order valence-corrected chi connectivity index (χ1v) is 6.12. The van der Waals surface area contributed by atoms with Gasteiger partial charge in [0, 0.05) is 18.5 Å². The van der Waals surface area contributed by atoms with Crippen molar-refractivity contribution in [2.24, 2.45) is 5.73 Å². The van der Waals surface area contributed by atoms with Crippen LogP contribution in [0.4, 0.5) is 0 Å². The molecule has 0 aliphatic carbocycles. The third-order valence-corrected chi connectivity index (χ3v) is 2.45. The Morgan fingerprint density at radius 1 is 1.35 bits per heavy atom. The SMILES string of the molecule is CCCCNC(=O)C(C)NC(C)(C)CC(N)=O. The largest absolute Gasteiger partial charge is 0.370 e. The lowest BCUT2D eigenvalue weighted by Crippen LogP contribution is -2.52. The molecule has 0 saturated carbocycles. The maximum absolute atomic E-state index is 11.7. The van der Waals surface area contributed by atoms with Crippen molar-refractivity contribution in [3.05, 3.63) is 0 Å². The monoisotopic (exact) mass is 243 g/mol. The normalized spacial score (nSPS) is 13.2. The summed E-state index contributed by atoms with van der Waals surface area (Å²) < 4.78 is 0. The van der Waals surface area contributed by atoms with Gasteiger partial charge in [0.1, 0.15) is 0 Å². The van der Waals surface area contributed by atoms with E-state index in [0.29, 0.717) is 6.54 Å². The Bertz CT molecular complexity index is 264. The Kier molecular flexibility index (Phi) is 6.80. The quantitative estimate of drug-likeness (QED) is 0.544. The van der Waals surface area contributed by atoms with Crippen molar-refractivity contribution >= 4 is 11.8 Å². The van der Waals surface area contributed by atoms with E-state index in [0.717, 1.165) is 12.8 Å². The summed E-state index contributed by atoms with van der Waals surface area (Å²) in [5.41, 5.74) is 4.68. The molecule has 2 amide bonds. The fourth-order valence-electron chi connectivity index (χ4n) is 1.68. The Hall–Kier alpha value is -1.10. The Morgan fingerprint density at radius 3 is 2.41 bits per heavy atom. The molecule has 0 aromatic heterocycles. The van der Waals surface area contributed by atoms with E-state index in [1.165, 1.54) is 0 Å². The molecule has 0 saturated heterocycles. The average Bonchev–Trinajstić information content (AvgIpc) is 2.14. The van der Waals surface area contributed by atoms with E-state index < -0.39 is 5.54 Å². The van der Waals surface area contributed by atoms with Crippen LogP contribution >= 0.6 is 0 Å². The number of amides is 2. The van der Waals surface area contributed by atoms with E-state index in [9.17, 15) is 9.59 Å². The molecule has 1 unspecified atom stereocenters. The van der Waals surface area contributed by atoms with Gasteiger partial charge in [-0.25, -0.2) is 0 Å². The fraction of sp³-hybridized carbons (Fsp3) is 0.833. The highest BCUT2D eigenvalue weighted by atomic mass is 16.2. The van der Waals surface area contributed by atoms with Crippen LogP contribution in [-0.2, 0) is 9.59 Å². The zero-order valence-electron chi connectivity index (χ0n) is 11.3. The summed E-state index contributed by atoms with van der Waals surface area (Å²) in [6.07, 6.45) is 2.23. The van der Waals surface area contributed by atoms with Gasteiger partial charge in [-0.05, 0) is 27.2 Å². The predicted octanol–water partition coefficient (Wildman–Crippen LogP) is 0.535. The van der Waals surface area contributed by atoms with Crippen LogP contribution in [0.25, 0.3) is 0 Å². The van der Waals surface area contributed by atoms with Gasteiger partial charge < -0.3 is 16.4 Å². The van der Waals surface area contributed by atoms with Crippen LogP contribution in [0, 0.1) is 0 Å². The van der Waals surface area contributed by atoms with Gasteiger partial charge in [0.15, 0.2) is 0 Å². The highest BCUT2D eigenvalue weighted by Gasteiger charge is 2.25. The van der Waals surface area contributed by atoms with Crippen LogP contribution in [-0.4, -0.2) is 29.9 Å². The molecule has 17 heavy (non-hydrogen) atoms. The molecule has 0 aromatic carbocycles. The minimum absolute atomic E-state index is 0.0454. The maximum atomic E-state index is 11.7. The van der Waals surface area contributed by atoms with Gasteiger partial charge in [-0.3, -0.25) is 9.59 Å². The molecular formula is C12H25N3O2. The molecule has 0 aliphatic heterocycles. The summed E-state index contributed by atoms with van der Waals surface area (Å²) in [4.78, 5) is 22.6. The topological polar surface area (TPSA) is 84.2 Å². The zero-order valence-corrected chi connectivity index (χ0v) is 11.3. The molecule has 0 aliphatic rings. The molecule has 0 spiro atoms. The molecule has 5 nitrogen and oxygen atoms in total. The van der Waals surface area contributed by atoms with Crippen LogP contribution < -0.4 is 16.4 Å². The number of hydrogen-bond acceptors (Lipinski definition) is 3. The summed E-state index contributed by atoms with van der Waals surface area (Å²) >= 11 is 0. The molecule has 0 radical (unpaired) electrons. The van der Waals surface area contributed by atoms with Gasteiger partial charge in [-0.1, -0.05) is 13.3 Å². The molecule has 0 rings (SSSR count). The fourth-order valence-corrected chi connectivity index (χ4v) is 1.68. The number of carbonyl (C=O) groups excluding carboxylic acids is 2. The highest BCUT2D eigenvalue weighted by molar-refractivity contribution is 5.81. The summed E-state index contributed by atoms with van der Waals surface area (Å²) in [5.74, 6) is -0.419. The second-order valence-electron chi connectivity index (χ2n) is 5.04. The molecule has 0 bridgehead atoms. The van der Waals surface area contributed by atoms with Crippen LogP contribution in [0.2, 0.25) is 0 Å². The minimum Gasteiger partial charge on any atom is -0.370 e. The minimum atomic E-state index is -0.465. The molecule has 100 valence electrons. The Labute approximate surface area is 104 Å². The summed E-state index contributed by atoms with van der Waals surface area (Å²) in [6, 6.07) is -0.332. The number of rotatable bonds is 8. The van der Waals surface area contributed by atoms with Crippen LogP contribution in [0.3, 0.4) is 0 Å². The first-order chi connectivity index (χ1) is 7.78. The van der Waals surface area contributed by atoms with Crippen molar-refractivity contribution in [2.45, 2.75) is 58.5 Å². The van der Waals surface area contributed by atoms with Gasteiger partial charge >= 0.3 is 0 Å². The van der Waals surface area contributed by atoms with Gasteiger partial charge in [0.25, 0.3) is 0 Å².